The number of H-pyrrole nitrogens is 1. The van der Waals surface area contributed by atoms with Crippen LogP contribution in [0.4, 0.5) is 0 Å². The molecule has 3 heterocycles. The number of aromatic amines is 1. The van der Waals surface area contributed by atoms with Gasteiger partial charge in [-0.2, -0.15) is 0 Å². The molecule has 1 N–H and O–H groups in total. The number of nitrogens with zero attached hydrogens (tertiary/aromatic N) is 4. The lowest BCUT2D eigenvalue weighted by Gasteiger charge is -2.51. The third-order valence-corrected chi connectivity index (χ3v) is 7.94. The maximum atomic E-state index is 13.1. The molecule has 0 saturated heterocycles. The van der Waals surface area contributed by atoms with Crippen LogP contribution in [0.15, 0.2) is 20.2 Å². The fraction of sp³-hybridized carbons (Fsp3) is 0.625. The van der Waals surface area contributed by atoms with E-state index in [2.05, 4.69) is 10.1 Å². The average Bonchev–Trinajstić information content (AvgIpc) is 3.54. The third kappa shape index (κ3) is 3.25. The number of methoxy groups -OCH3 is 1. The number of hydrogen-bond donors (Lipinski definition) is 1. The summed E-state index contributed by atoms with van der Waals surface area (Å²) in [5, 5.41) is 4.21. The predicted octanol–water partition coefficient (Wildman–Crippen LogP) is 3.02. The lowest BCUT2D eigenvalue weighted by atomic mass is 9.52. The number of ether oxygens (including phenoxy) is 1. The molecule has 182 valence electrons. The Labute approximate surface area is 196 Å². The Balaban J connectivity index is 1.50. The van der Waals surface area contributed by atoms with Crippen molar-refractivity contribution < 1.29 is 14.1 Å². The van der Waals surface area contributed by atoms with Gasteiger partial charge in [0.05, 0.1) is 12.8 Å². The van der Waals surface area contributed by atoms with Crippen LogP contribution in [0.25, 0.3) is 11.2 Å². The second-order valence-corrected chi connectivity index (χ2v) is 9.80. The summed E-state index contributed by atoms with van der Waals surface area (Å²) in [6.45, 7) is 4.88. The van der Waals surface area contributed by atoms with Crippen LogP contribution in [0, 0.1) is 0 Å². The minimum absolute atomic E-state index is 0.123. The van der Waals surface area contributed by atoms with Gasteiger partial charge in [0.2, 0.25) is 5.76 Å². The summed E-state index contributed by atoms with van der Waals surface area (Å²) in [7, 11) is 1.32. The molecule has 0 radical (unpaired) electrons. The molecule has 3 aliphatic rings. The maximum Gasteiger partial charge on any atom is 0.376 e. The highest BCUT2D eigenvalue weighted by Gasteiger charge is 2.53. The molecular weight excluding hydrogens is 438 g/mol. The third-order valence-electron chi connectivity index (χ3n) is 7.94. The number of carbonyl (C=O) groups excluding carboxylic acids is 1. The quantitative estimate of drug-likeness (QED) is 0.527. The van der Waals surface area contributed by atoms with Crippen molar-refractivity contribution >= 4 is 17.1 Å². The van der Waals surface area contributed by atoms with Gasteiger partial charge in [-0.25, -0.2) is 14.6 Å². The zero-order valence-corrected chi connectivity index (χ0v) is 20.0. The topological polar surface area (TPSA) is 125 Å². The number of aryl methyl sites for hydroxylation is 1. The van der Waals surface area contributed by atoms with Crippen LogP contribution < -0.4 is 11.2 Å². The van der Waals surface area contributed by atoms with Gasteiger partial charge in [0.15, 0.2) is 5.65 Å². The standard InChI is InChI=1S/C24H31N5O5/c1-4-12-28-18-17(19(30)29(13-5-2)22(28)32)25-21(26-18)24-9-6-23(7-10-24,8-11-24)16-14-15(34-27-16)20(31)33-3/h14H,4-13H2,1-3H3,(H,25,26). The van der Waals surface area contributed by atoms with E-state index in [0.29, 0.717) is 30.7 Å². The Morgan fingerprint density at radius 1 is 1.06 bits per heavy atom. The van der Waals surface area contributed by atoms with E-state index in [1.807, 2.05) is 13.8 Å². The largest absolute Gasteiger partial charge is 0.463 e. The molecule has 0 amide bonds. The van der Waals surface area contributed by atoms with Crippen LogP contribution in [-0.4, -0.2) is 37.3 Å². The van der Waals surface area contributed by atoms with E-state index in [1.54, 1.807) is 10.6 Å². The van der Waals surface area contributed by atoms with E-state index in [9.17, 15) is 14.4 Å². The first-order valence-electron chi connectivity index (χ1n) is 12.2. The van der Waals surface area contributed by atoms with Crippen LogP contribution >= 0.6 is 0 Å². The van der Waals surface area contributed by atoms with Crippen LogP contribution in [0.3, 0.4) is 0 Å². The van der Waals surface area contributed by atoms with Gasteiger partial charge >= 0.3 is 11.7 Å². The molecule has 0 spiro atoms. The molecule has 3 aliphatic carbocycles. The first-order chi connectivity index (χ1) is 16.4. The number of esters is 1. The van der Waals surface area contributed by atoms with E-state index < -0.39 is 5.97 Å². The van der Waals surface area contributed by atoms with Gasteiger partial charge < -0.3 is 14.2 Å². The maximum absolute atomic E-state index is 13.1. The first-order valence-corrected chi connectivity index (χ1v) is 12.2. The van der Waals surface area contributed by atoms with Crippen LogP contribution in [0.5, 0.6) is 0 Å². The summed E-state index contributed by atoms with van der Waals surface area (Å²) >= 11 is 0. The Morgan fingerprint density at radius 2 is 1.68 bits per heavy atom. The molecule has 0 aromatic carbocycles. The summed E-state index contributed by atoms with van der Waals surface area (Å²) < 4.78 is 13.0. The second-order valence-electron chi connectivity index (χ2n) is 9.80. The normalized spacial score (nSPS) is 24.1. The van der Waals surface area contributed by atoms with E-state index in [-0.39, 0.29) is 27.8 Å². The molecule has 34 heavy (non-hydrogen) atoms. The van der Waals surface area contributed by atoms with Crippen molar-refractivity contribution in [1.82, 2.24) is 24.3 Å². The van der Waals surface area contributed by atoms with Crippen molar-refractivity contribution in [1.29, 1.82) is 0 Å². The predicted molar refractivity (Wildman–Crippen MR) is 124 cm³/mol. The Hall–Kier alpha value is -3.17. The number of imidazole rings is 1. The molecule has 3 aromatic heterocycles. The average molecular weight is 470 g/mol. The number of nitrogens with one attached hydrogen (secondary N) is 1. The smallest absolute Gasteiger partial charge is 0.376 e. The fourth-order valence-corrected chi connectivity index (χ4v) is 5.91. The van der Waals surface area contributed by atoms with Crippen molar-refractivity contribution in [2.45, 2.75) is 89.1 Å². The zero-order chi connectivity index (χ0) is 24.1. The first kappa shape index (κ1) is 22.6. The number of aromatic nitrogens is 5. The van der Waals surface area contributed by atoms with E-state index >= 15 is 0 Å². The summed E-state index contributed by atoms with van der Waals surface area (Å²) in [5.74, 6) is 0.413. The molecular formula is C24H31N5O5. The van der Waals surface area contributed by atoms with E-state index in [0.717, 1.165) is 56.5 Å². The SMILES string of the molecule is CCCn1c(=O)c2[nH]c(C34CCC(c5cc(C(=O)OC)on5)(CC3)CC4)nc2n(CCC)c1=O. The molecule has 0 unspecified atom stereocenters. The molecule has 3 fully saturated rings. The van der Waals surface area contributed by atoms with Crippen molar-refractivity contribution in [2.75, 3.05) is 7.11 Å². The van der Waals surface area contributed by atoms with Crippen LogP contribution in [0.2, 0.25) is 0 Å². The van der Waals surface area contributed by atoms with Gasteiger partial charge in [0, 0.05) is 30.0 Å². The molecule has 3 aromatic rings. The van der Waals surface area contributed by atoms with Crippen LogP contribution in [0.1, 0.15) is 87.3 Å². The molecule has 10 nitrogen and oxygen atoms in total. The van der Waals surface area contributed by atoms with Gasteiger partial charge in [0.1, 0.15) is 11.3 Å². The second kappa shape index (κ2) is 8.25. The summed E-state index contributed by atoms with van der Waals surface area (Å²) in [6, 6.07) is 1.71. The number of rotatable bonds is 7. The van der Waals surface area contributed by atoms with Crippen molar-refractivity contribution in [3.05, 3.63) is 44.2 Å². The Bertz CT molecular complexity index is 1340. The van der Waals surface area contributed by atoms with Crippen LogP contribution in [-0.2, 0) is 28.7 Å². The fourth-order valence-electron chi connectivity index (χ4n) is 5.91. The van der Waals surface area contributed by atoms with Crippen molar-refractivity contribution in [3.8, 4) is 0 Å². The monoisotopic (exact) mass is 469 g/mol. The molecule has 0 aliphatic heterocycles. The summed E-state index contributed by atoms with van der Waals surface area (Å²) in [5.41, 5.74) is 0.846. The zero-order valence-electron chi connectivity index (χ0n) is 20.0. The van der Waals surface area contributed by atoms with Gasteiger partial charge in [-0.15, -0.1) is 0 Å². The minimum Gasteiger partial charge on any atom is -0.463 e. The minimum atomic E-state index is -0.523. The molecule has 0 atom stereocenters. The highest BCUT2D eigenvalue weighted by atomic mass is 16.5. The van der Waals surface area contributed by atoms with E-state index in [4.69, 9.17) is 14.2 Å². The van der Waals surface area contributed by atoms with Crippen molar-refractivity contribution in [3.63, 3.8) is 0 Å². The molecule has 3 saturated carbocycles. The van der Waals surface area contributed by atoms with Crippen molar-refractivity contribution in [2.24, 2.45) is 0 Å². The summed E-state index contributed by atoms with van der Waals surface area (Å²) in [6.07, 6.45) is 6.80. The molecule has 6 rings (SSSR count). The Kier molecular flexibility index (Phi) is 5.49. The van der Waals surface area contributed by atoms with Gasteiger partial charge in [-0.1, -0.05) is 19.0 Å². The van der Waals surface area contributed by atoms with Gasteiger partial charge in [-0.3, -0.25) is 13.9 Å². The number of fused-ring (bicyclic) bond motifs is 4. The molecule has 10 heteroatoms. The number of carbonyl (C=O) groups is 1. The highest BCUT2D eigenvalue weighted by Crippen LogP contribution is 2.57. The van der Waals surface area contributed by atoms with E-state index in [1.165, 1.54) is 11.7 Å². The highest BCUT2D eigenvalue weighted by molar-refractivity contribution is 5.86. The van der Waals surface area contributed by atoms with Gasteiger partial charge in [-0.05, 0) is 51.4 Å². The number of hydrogen-bond acceptors (Lipinski definition) is 7. The lowest BCUT2D eigenvalue weighted by Crippen LogP contribution is -2.47. The Morgan fingerprint density at radius 3 is 2.29 bits per heavy atom. The lowest BCUT2D eigenvalue weighted by molar-refractivity contribution is 0.0553. The van der Waals surface area contributed by atoms with Gasteiger partial charge in [0.25, 0.3) is 5.56 Å². The molecule has 2 bridgehead atoms. The summed E-state index contributed by atoms with van der Waals surface area (Å²) in [4.78, 5) is 46.2.